The van der Waals surface area contributed by atoms with E-state index < -0.39 is 46.9 Å². The Bertz CT molecular complexity index is 570. The predicted octanol–water partition coefficient (Wildman–Crippen LogP) is -11.1. The molecule has 0 aromatic carbocycles. The van der Waals surface area contributed by atoms with E-state index in [1.54, 1.807) is 0 Å². The molecule has 0 fully saturated rings. The summed E-state index contributed by atoms with van der Waals surface area (Å²) >= 11 is 0. The van der Waals surface area contributed by atoms with Crippen LogP contribution in [0.25, 0.3) is 0 Å². The van der Waals surface area contributed by atoms with Crippen molar-refractivity contribution in [3.8, 4) is 0 Å². The van der Waals surface area contributed by atoms with Crippen molar-refractivity contribution in [3.05, 3.63) is 0 Å². The Morgan fingerprint density at radius 3 is 0.400 bits per heavy atom. The van der Waals surface area contributed by atoms with Gasteiger partial charge in [0.1, 0.15) is 0 Å². The molecule has 0 aliphatic carbocycles. The first-order valence-corrected chi connectivity index (χ1v) is 13.8. The fourth-order valence-electron chi connectivity index (χ4n) is 0.416. The third kappa shape index (κ3) is 63.5. The van der Waals surface area contributed by atoms with Gasteiger partial charge in [0.25, 0.3) is 0 Å². The van der Waals surface area contributed by atoms with Crippen LogP contribution in [0.15, 0.2) is 0 Å². The Morgan fingerprint density at radius 2 is 0.400 bits per heavy atom. The Hall–Kier alpha value is 3.78. The van der Waals surface area contributed by atoms with Gasteiger partial charge in [0.05, 0.1) is 0 Å². The molecule has 0 aromatic heterocycles. The minimum Gasteiger partial charge on any atom is -1.00 e. The summed E-state index contributed by atoms with van der Waals surface area (Å²) in [6.07, 6.45) is 0. The summed E-state index contributed by atoms with van der Waals surface area (Å²) in [6, 6.07) is 0. The number of hydrogen-bond acceptors (Lipinski definition) is 9. The second kappa shape index (κ2) is 18.1. The van der Waals surface area contributed by atoms with Gasteiger partial charge >= 0.3 is 136 Å². The quantitative estimate of drug-likeness (QED) is 0.0986. The van der Waals surface area contributed by atoms with Crippen molar-refractivity contribution < 1.29 is 192 Å². The molecule has 30 heavy (non-hydrogen) atoms. The number of hydrogen-bond donors (Lipinski definition) is 12. The topological polar surface area (TPSA) is 373 Å². The van der Waals surface area contributed by atoms with E-state index in [9.17, 15) is 27.4 Å². The molecule has 30 heteroatoms. The first-order chi connectivity index (χ1) is 11.1. The second-order valence-corrected chi connectivity index (χ2v) is 11.0. The third-order valence-electron chi connectivity index (χ3n) is 0.638. The SMILES string of the molecule is O=P(O)(O)OP(=O)(O)O.O=P(O)(O)OP(=O)(O)O.O=P(O)(O)OP(=O)(O)O.[H-].[H-].[H-].[Na+].[Na+].[Na+]. The summed E-state index contributed by atoms with van der Waals surface area (Å²) in [7, 11) is -30.3. The third-order valence-corrected chi connectivity index (χ3v) is 5.74. The molecule has 0 unspecified atom stereocenters. The monoisotopic (exact) mass is 606 g/mol. The average molecular weight is 606 g/mol. The molecule has 0 saturated carbocycles. The number of rotatable bonds is 6. The maximum atomic E-state index is 9.63. The van der Waals surface area contributed by atoms with E-state index in [2.05, 4.69) is 12.9 Å². The first kappa shape index (κ1) is 47.0. The van der Waals surface area contributed by atoms with Gasteiger partial charge in [0.2, 0.25) is 0 Å². The first-order valence-electron chi connectivity index (χ1n) is 4.59. The summed E-state index contributed by atoms with van der Waals surface area (Å²) < 4.78 is 66.6. The van der Waals surface area contributed by atoms with E-state index in [0.29, 0.717) is 0 Å². The average Bonchev–Trinajstić information content (AvgIpc) is 1.96. The van der Waals surface area contributed by atoms with Gasteiger partial charge in [-0.15, -0.1) is 0 Å². The Balaban J connectivity index is -0.0000000343. The Kier molecular flexibility index (Phi) is 28.4. The summed E-state index contributed by atoms with van der Waals surface area (Å²) in [5.41, 5.74) is 0. The molecule has 21 nitrogen and oxygen atoms in total. The number of phosphoric acid groups is 6. The standard InChI is InChI=1S/3Na.3H4O7P2.3H/c;;;3*1-8(2,3)7-9(4,5)6;;;/h;;;3*(H2,1,2,3)(H2,4,5,6);;;/q3*+1;;;;3*-1. The summed E-state index contributed by atoms with van der Waals surface area (Å²) in [5.74, 6) is 0. The Morgan fingerprint density at radius 1 is 0.333 bits per heavy atom. The van der Waals surface area contributed by atoms with Crippen molar-refractivity contribution in [2.45, 2.75) is 0 Å². The summed E-state index contributed by atoms with van der Waals surface area (Å²) in [5, 5.41) is 0. The van der Waals surface area contributed by atoms with Crippen LogP contribution in [0, 0.1) is 0 Å². The molecule has 0 spiro atoms. The van der Waals surface area contributed by atoms with Gasteiger partial charge in [0.15, 0.2) is 0 Å². The zero-order chi connectivity index (χ0) is 23.1. The minimum atomic E-state index is -5.05. The van der Waals surface area contributed by atoms with Crippen LogP contribution in [-0.2, 0) is 40.3 Å². The molecule has 12 N–H and O–H groups in total. The molecule has 0 heterocycles. The van der Waals surface area contributed by atoms with Gasteiger partial charge in [-0.2, -0.15) is 12.9 Å². The van der Waals surface area contributed by atoms with Crippen LogP contribution in [0.1, 0.15) is 4.28 Å². The van der Waals surface area contributed by atoms with Crippen LogP contribution in [0.4, 0.5) is 0 Å². The van der Waals surface area contributed by atoms with Crippen molar-refractivity contribution in [3.63, 3.8) is 0 Å². The smallest absolute Gasteiger partial charge is 1.00 e. The Labute approximate surface area is 236 Å². The largest absolute Gasteiger partial charge is 1.00 e. The van der Waals surface area contributed by atoms with Crippen LogP contribution in [0.2, 0.25) is 0 Å². The molecule has 0 aliphatic rings. The molecular formula is H15Na3O21P6. The van der Waals surface area contributed by atoms with Crippen LogP contribution in [0.3, 0.4) is 0 Å². The van der Waals surface area contributed by atoms with Crippen molar-refractivity contribution in [1.82, 2.24) is 0 Å². The summed E-state index contributed by atoms with van der Waals surface area (Å²) in [4.78, 5) is 93.0. The molecule has 0 bridgehead atoms. The van der Waals surface area contributed by atoms with Gasteiger partial charge in [-0.05, 0) is 0 Å². The molecule has 0 atom stereocenters. The van der Waals surface area contributed by atoms with E-state index >= 15 is 0 Å². The van der Waals surface area contributed by atoms with Crippen molar-refractivity contribution >= 4 is 46.9 Å². The van der Waals surface area contributed by atoms with Crippen molar-refractivity contribution in [2.24, 2.45) is 0 Å². The molecule has 0 rings (SSSR count). The van der Waals surface area contributed by atoms with E-state index in [-0.39, 0.29) is 93.0 Å². The zero-order valence-electron chi connectivity index (χ0n) is 17.7. The van der Waals surface area contributed by atoms with Gasteiger partial charge in [0, 0.05) is 0 Å². The normalized spacial score (nSPS) is 12.4. The van der Waals surface area contributed by atoms with Crippen LogP contribution < -0.4 is 88.7 Å². The second-order valence-electron chi connectivity index (χ2n) is 3.19. The maximum absolute atomic E-state index is 9.63. The van der Waals surface area contributed by atoms with Crippen LogP contribution in [-0.4, -0.2) is 58.7 Å². The van der Waals surface area contributed by atoms with Gasteiger partial charge < -0.3 is 63.0 Å². The fourth-order valence-corrected chi connectivity index (χ4v) is 3.74. The molecular weight excluding hydrogens is 591 g/mol. The molecule has 0 amide bonds. The van der Waals surface area contributed by atoms with Gasteiger partial charge in [-0.1, -0.05) is 0 Å². The van der Waals surface area contributed by atoms with E-state index in [4.69, 9.17) is 58.7 Å². The van der Waals surface area contributed by atoms with E-state index in [1.165, 1.54) is 0 Å². The van der Waals surface area contributed by atoms with E-state index in [0.717, 1.165) is 0 Å². The van der Waals surface area contributed by atoms with Gasteiger partial charge in [-0.3, -0.25) is 0 Å². The molecule has 174 valence electrons. The fraction of sp³-hybridized carbons (Fsp3) is 0. The van der Waals surface area contributed by atoms with Gasteiger partial charge in [-0.25, -0.2) is 27.4 Å². The van der Waals surface area contributed by atoms with Crippen LogP contribution >= 0.6 is 46.9 Å². The van der Waals surface area contributed by atoms with Crippen molar-refractivity contribution in [2.75, 3.05) is 0 Å². The maximum Gasteiger partial charge on any atom is 1.00 e. The molecule has 0 radical (unpaired) electrons. The van der Waals surface area contributed by atoms with Crippen molar-refractivity contribution in [1.29, 1.82) is 0 Å². The van der Waals surface area contributed by atoms with E-state index in [1.807, 2.05) is 0 Å². The molecule has 0 saturated heterocycles. The predicted molar refractivity (Wildman–Crippen MR) is 78.9 cm³/mol. The molecule has 0 aliphatic heterocycles. The van der Waals surface area contributed by atoms with Crippen LogP contribution in [0.5, 0.6) is 0 Å². The molecule has 0 aromatic rings. The minimum absolute atomic E-state index is 0. The summed E-state index contributed by atoms with van der Waals surface area (Å²) in [6.45, 7) is 0. The zero-order valence-corrected chi connectivity index (χ0v) is 26.1.